The van der Waals surface area contributed by atoms with Crippen LogP contribution in [0.25, 0.3) is 0 Å². The van der Waals surface area contributed by atoms with Crippen molar-refractivity contribution in [3.05, 3.63) is 69.2 Å². The van der Waals surface area contributed by atoms with E-state index >= 15 is 0 Å². The van der Waals surface area contributed by atoms with Gasteiger partial charge in [-0.3, -0.25) is 0 Å². The predicted octanol–water partition coefficient (Wildman–Crippen LogP) is 4.32. The third-order valence-electron chi connectivity index (χ3n) is 2.89. The molecule has 2 aromatic rings. The highest BCUT2D eigenvalue weighted by molar-refractivity contribution is 9.10. The molecule has 0 amide bonds. The molecule has 0 aliphatic heterocycles. The van der Waals surface area contributed by atoms with E-state index in [2.05, 4.69) is 15.9 Å². The van der Waals surface area contributed by atoms with E-state index in [0.29, 0.717) is 0 Å². The Kier molecular flexibility index (Phi) is 3.57. The summed E-state index contributed by atoms with van der Waals surface area (Å²) in [6.45, 7) is 2.00. The Balaban J connectivity index is 2.41. The topological polar surface area (TPSA) is 26.0 Å². The minimum Gasteiger partial charge on any atom is -0.318 e. The van der Waals surface area contributed by atoms with Crippen LogP contribution in [0.1, 0.15) is 18.1 Å². The molecule has 1 atom stereocenters. The summed E-state index contributed by atoms with van der Waals surface area (Å²) in [5.74, 6) is 0. The first-order chi connectivity index (χ1) is 8.00. The lowest BCUT2D eigenvalue weighted by Crippen LogP contribution is -2.34. The highest BCUT2D eigenvalue weighted by atomic mass is 79.9. The number of nitrogens with two attached hydrogens (primary N) is 1. The Bertz CT molecular complexity index is 455. The first-order valence-electron chi connectivity index (χ1n) is 5.31. The molecule has 17 heavy (non-hydrogen) atoms. The van der Waals surface area contributed by atoms with Gasteiger partial charge in [-0.2, -0.15) is 0 Å². The van der Waals surface area contributed by atoms with E-state index < -0.39 is 5.54 Å². The molecule has 0 saturated carbocycles. The fourth-order valence-electron chi connectivity index (χ4n) is 1.76. The average molecular weight is 311 g/mol. The van der Waals surface area contributed by atoms with Gasteiger partial charge >= 0.3 is 0 Å². The molecule has 2 rings (SSSR count). The molecule has 0 aliphatic carbocycles. The van der Waals surface area contributed by atoms with E-state index in [4.69, 9.17) is 17.3 Å². The van der Waals surface area contributed by atoms with Crippen molar-refractivity contribution in [3.63, 3.8) is 0 Å². The molecule has 88 valence electrons. The second-order valence-electron chi connectivity index (χ2n) is 4.22. The molecule has 2 N–H and O–H groups in total. The third kappa shape index (κ3) is 2.71. The van der Waals surface area contributed by atoms with Crippen molar-refractivity contribution in [2.75, 3.05) is 0 Å². The van der Waals surface area contributed by atoms with Crippen LogP contribution in [0, 0.1) is 0 Å². The van der Waals surface area contributed by atoms with Crippen molar-refractivity contribution < 1.29 is 0 Å². The Morgan fingerprint density at radius 2 is 1.35 bits per heavy atom. The van der Waals surface area contributed by atoms with Gasteiger partial charge in [-0.15, -0.1) is 0 Å². The maximum atomic E-state index is 6.40. The maximum Gasteiger partial charge on any atom is 0.0636 e. The quantitative estimate of drug-likeness (QED) is 0.878. The molecule has 0 bridgehead atoms. The molecule has 0 aromatic heterocycles. The van der Waals surface area contributed by atoms with Crippen molar-refractivity contribution in [2.45, 2.75) is 12.5 Å². The van der Waals surface area contributed by atoms with E-state index in [0.717, 1.165) is 20.6 Å². The van der Waals surface area contributed by atoms with Crippen LogP contribution in [0.4, 0.5) is 0 Å². The van der Waals surface area contributed by atoms with Crippen molar-refractivity contribution in [1.29, 1.82) is 0 Å². The molecule has 0 spiro atoms. The van der Waals surface area contributed by atoms with Gasteiger partial charge in [-0.1, -0.05) is 51.8 Å². The molecular weight excluding hydrogens is 298 g/mol. The van der Waals surface area contributed by atoms with Gasteiger partial charge in [0.05, 0.1) is 5.54 Å². The van der Waals surface area contributed by atoms with Crippen LogP contribution in [0.3, 0.4) is 0 Å². The zero-order valence-corrected chi connectivity index (χ0v) is 11.8. The molecule has 3 heteroatoms. The summed E-state index contributed by atoms with van der Waals surface area (Å²) in [6, 6.07) is 15.7. The van der Waals surface area contributed by atoms with E-state index in [1.165, 1.54) is 0 Å². The van der Waals surface area contributed by atoms with E-state index in [1.807, 2.05) is 55.5 Å². The summed E-state index contributed by atoms with van der Waals surface area (Å²) in [6.07, 6.45) is 0. The van der Waals surface area contributed by atoms with Crippen molar-refractivity contribution in [1.82, 2.24) is 0 Å². The van der Waals surface area contributed by atoms with Gasteiger partial charge < -0.3 is 5.73 Å². The van der Waals surface area contributed by atoms with E-state index in [1.54, 1.807) is 0 Å². The van der Waals surface area contributed by atoms with Gasteiger partial charge in [0, 0.05) is 9.50 Å². The smallest absolute Gasteiger partial charge is 0.0636 e. The lowest BCUT2D eigenvalue weighted by molar-refractivity contribution is 0.603. The third-order valence-corrected chi connectivity index (χ3v) is 3.67. The fraction of sp³-hybridized carbons (Fsp3) is 0.143. The van der Waals surface area contributed by atoms with E-state index in [9.17, 15) is 0 Å². The summed E-state index contributed by atoms with van der Waals surface area (Å²) < 4.78 is 1.05. The van der Waals surface area contributed by atoms with Gasteiger partial charge in [-0.05, 0) is 42.3 Å². The summed E-state index contributed by atoms with van der Waals surface area (Å²) >= 11 is 9.30. The minimum atomic E-state index is -0.509. The zero-order chi connectivity index (χ0) is 12.5. The first-order valence-corrected chi connectivity index (χ1v) is 6.48. The summed E-state index contributed by atoms with van der Waals surface area (Å²) in [4.78, 5) is 0. The van der Waals surface area contributed by atoms with Crippen LogP contribution in [-0.4, -0.2) is 0 Å². The molecule has 0 aliphatic rings. The lowest BCUT2D eigenvalue weighted by atomic mass is 9.86. The molecular formula is C14H13BrClN. The maximum absolute atomic E-state index is 6.40. The van der Waals surface area contributed by atoms with Crippen LogP contribution < -0.4 is 5.73 Å². The van der Waals surface area contributed by atoms with Crippen molar-refractivity contribution >= 4 is 27.5 Å². The average Bonchev–Trinajstić information content (AvgIpc) is 2.30. The Morgan fingerprint density at radius 3 is 1.82 bits per heavy atom. The molecule has 0 heterocycles. The zero-order valence-electron chi connectivity index (χ0n) is 9.45. The molecule has 1 unspecified atom stereocenters. The summed E-state index contributed by atoms with van der Waals surface area (Å²) in [5, 5.41) is 0.723. The summed E-state index contributed by atoms with van der Waals surface area (Å²) in [7, 11) is 0. The highest BCUT2D eigenvalue weighted by Crippen LogP contribution is 2.28. The fourth-order valence-corrected chi connectivity index (χ4v) is 2.15. The molecule has 0 saturated heterocycles. The number of benzene rings is 2. The van der Waals surface area contributed by atoms with Gasteiger partial charge in [0.2, 0.25) is 0 Å². The number of hydrogen-bond donors (Lipinski definition) is 1. The number of halogens is 2. The van der Waals surface area contributed by atoms with Gasteiger partial charge in [0.25, 0.3) is 0 Å². The number of hydrogen-bond acceptors (Lipinski definition) is 1. The first kappa shape index (κ1) is 12.6. The van der Waals surface area contributed by atoms with Gasteiger partial charge in [0.1, 0.15) is 0 Å². The second kappa shape index (κ2) is 4.81. The largest absolute Gasteiger partial charge is 0.318 e. The SMILES string of the molecule is CC(N)(c1ccc(Cl)cc1)c1ccc(Br)cc1. The van der Waals surface area contributed by atoms with Gasteiger partial charge in [-0.25, -0.2) is 0 Å². The summed E-state index contributed by atoms with van der Waals surface area (Å²) in [5.41, 5.74) is 8.01. The van der Waals surface area contributed by atoms with Crippen LogP contribution in [0.15, 0.2) is 53.0 Å². The molecule has 0 radical (unpaired) electrons. The lowest BCUT2D eigenvalue weighted by Gasteiger charge is -2.26. The highest BCUT2D eigenvalue weighted by Gasteiger charge is 2.23. The monoisotopic (exact) mass is 309 g/mol. The predicted molar refractivity (Wildman–Crippen MR) is 76.2 cm³/mol. The molecule has 0 fully saturated rings. The molecule has 1 nitrogen and oxygen atoms in total. The number of rotatable bonds is 2. The van der Waals surface area contributed by atoms with Gasteiger partial charge in [0.15, 0.2) is 0 Å². The Morgan fingerprint density at radius 1 is 0.941 bits per heavy atom. The standard InChI is InChI=1S/C14H13BrClN/c1-14(17,10-2-6-12(15)7-3-10)11-4-8-13(16)9-5-11/h2-9H,17H2,1H3. The van der Waals surface area contributed by atoms with Crippen molar-refractivity contribution in [2.24, 2.45) is 5.73 Å². The molecule has 2 aromatic carbocycles. The van der Waals surface area contributed by atoms with E-state index in [-0.39, 0.29) is 0 Å². The normalized spacial score (nSPS) is 14.4. The Labute approximate surface area is 115 Å². The second-order valence-corrected chi connectivity index (χ2v) is 5.57. The van der Waals surface area contributed by atoms with Crippen LogP contribution in [-0.2, 0) is 5.54 Å². The van der Waals surface area contributed by atoms with Crippen LogP contribution in [0.2, 0.25) is 5.02 Å². The van der Waals surface area contributed by atoms with Crippen LogP contribution in [0.5, 0.6) is 0 Å². The Hall–Kier alpha value is -0.830. The van der Waals surface area contributed by atoms with Crippen LogP contribution >= 0.6 is 27.5 Å². The minimum absolute atomic E-state index is 0.509. The van der Waals surface area contributed by atoms with Crippen molar-refractivity contribution in [3.8, 4) is 0 Å².